The number of amides is 1. The number of rotatable bonds is 10. The summed E-state index contributed by atoms with van der Waals surface area (Å²) in [6.07, 6.45) is 1.81. The van der Waals surface area contributed by atoms with Gasteiger partial charge in [0.15, 0.2) is 5.75 Å². The summed E-state index contributed by atoms with van der Waals surface area (Å²) in [5.41, 5.74) is -0.416. The number of phenols is 1. The lowest BCUT2D eigenvalue weighted by atomic mass is 10.1. The fraction of sp³-hybridized carbons (Fsp3) is 0.0952. The molecule has 0 saturated carbocycles. The quantitative estimate of drug-likeness (QED) is 0.0551. The lowest BCUT2D eigenvalue weighted by Gasteiger charge is -2.14. The van der Waals surface area contributed by atoms with Crippen LogP contribution >= 0.6 is 12.0 Å². The predicted octanol–water partition coefficient (Wildman–Crippen LogP) is 4.57. The Morgan fingerprint density at radius 1 is 1.11 bits per heavy atom. The Kier molecular flexibility index (Phi) is 8.85. The summed E-state index contributed by atoms with van der Waals surface area (Å²) < 4.78 is 70.9. The maximum Gasteiger partial charge on any atom is 0.296 e. The lowest BCUT2D eigenvalue weighted by molar-refractivity contribution is -0.432. The van der Waals surface area contributed by atoms with Crippen LogP contribution in [0.25, 0.3) is 10.8 Å². The fourth-order valence-corrected chi connectivity index (χ4v) is 5.07. The lowest BCUT2D eigenvalue weighted by Crippen LogP contribution is -2.08. The van der Waals surface area contributed by atoms with Gasteiger partial charge in [-0.15, -0.1) is 21.1 Å². The van der Waals surface area contributed by atoms with Gasteiger partial charge in [0.1, 0.15) is 16.3 Å². The van der Waals surface area contributed by atoms with Crippen molar-refractivity contribution in [3.8, 4) is 5.75 Å². The Morgan fingerprint density at radius 2 is 1.82 bits per heavy atom. The van der Waals surface area contributed by atoms with E-state index in [-0.39, 0.29) is 32.7 Å². The number of anilines is 1. The third-order valence-electron chi connectivity index (χ3n) is 4.83. The average molecular weight is 586 g/mol. The van der Waals surface area contributed by atoms with Gasteiger partial charge >= 0.3 is 0 Å². The van der Waals surface area contributed by atoms with Gasteiger partial charge in [-0.3, -0.25) is 13.9 Å². The molecule has 17 heteroatoms. The molecule has 0 unspecified atom stereocenters. The topological polar surface area (TPSA) is 221 Å². The van der Waals surface area contributed by atoms with Crippen molar-refractivity contribution in [1.82, 2.24) is 0 Å². The molecular weight excluding hydrogens is 566 g/mol. The minimum Gasteiger partial charge on any atom is -0.505 e. The van der Waals surface area contributed by atoms with Gasteiger partial charge in [0.05, 0.1) is 27.5 Å². The van der Waals surface area contributed by atoms with Crippen molar-refractivity contribution < 1.29 is 50.5 Å². The van der Waals surface area contributed by atoms with E-state index in [1.165, 1.54) is 24.3 Å². The molecule has 14 nitrogen and oxygen atoms in total. The number of benzene rings is 3. The molecule has 3 rings (SSSR count). The van der Waals surface area contributed by atoms with E-state index in [9.17, 15) is 35.8 Å². The number of azo groups is 1. The Morgan fingerprint density at radius 3 is 2.39 bits per heavy atom. The second-order valence-electron chi connectivity index (χ2n) is 7.49. The van der Waals surface area contributed by atoms with Crippen molar-refractivity contribution >= 4 is 66.0 Å². The maximum atomic E-state index is 11.9. The summed E-state index contributed by atoms with van der Waals surface area (Å²) in [4.78, 5) is 10.4. The molecule has 0 bridgehead atoms. The van der Waals surface area contributed by atoms with E-state index >= 15 is 0 Å². The molecule has 38 heavy (non-hydrogen) atoms. The Labute approximate surface area is 220 Å². The molecule has 0 heterocycles. The van der Waals surface area contributed by atoms with Crippen LogP contribution in [0, 0.1) is 0 Å². The van der Waals surface area contributed by atoms with Crippen LogP contribution in [0.15, 0.2) is 74.0 Å². The number of hydrogen-bond donors (Lipinski definition) is 5. The zero-order valence-electron chi connectivity index (χ0n) is 19.2. The molecule has 0 aliphatic carbocycles. The van der Waals surface area contributed by atoms with Crippen LogP contribution in [0.1, 0.15) is 12.5 Å². The monoisotopic (exact) mass is 585 g/mol. The van der Waals surface area contributed by atoms with Crippen LogP contribution in [0.5, 0.6) is 5.75 Å². The highest BCUT2D eigenvalue weighted by atomic mass is 32.2. The average Bonchev–Trinajstić information content (AvgIpc) is 2.81. The summed E-state index contributed by atoms with van der Waals surface area (Å²) in [5.74, 6) is -1.33. The third-order valence-corrected chi connectivity index (χ3v) is 7.16. The molecule has 0 atom stereocenters. The van der Waals surface area contributed by atoms with Gasteiger partial charge in [-0.25, -0.2) is 5.26 Å². The number of hydrogen-bond acceptors (Lipinski definition) is 12. The first-order valence-corrected chi connectivity index (χ1v) is 13.7. The van der Waals surface area contributed by atoms with E-state index in [1.807, 2.05) is 0 Å². The Hall–Kier alpha value is -3.42. The third kappa shape index (κ3) is 6.71. The molecule has 0 fully saturated rings. The SMILES string of the molecule is C=CCc1ccc(/N=N/c2c(SOOO)cc3cc(S(=O)(=O)O)cc(NC(C)=O)c3c2O)c(S(=O)(=O)O)c1. The minimum atomic E-state index is -4.75. The zero-order chi connectivity index (χ0) is 28.3. The molecule has 3 aromatic carbocycles. The summed E-state index contributed by atoms with van der Waals surface area (Å²) in [7, 11) is -9.49. The van der Waals surface area contributed by atoms with E-state index in [0.29, 0.717) is 24.0 Å². The van der Waals surface area contributed by atoms with Crippen molar-refractivity contribution in [1.29, 1.82) is 0 Å². The van der Waals surface area contributed by atoms with E-state index < -0.39 is 41.7 Å². The first kappa shape index (κ1) is 29.1. The van der Waals surface area contributed by atoms with Crippen molar-refractivity contribution in [2.45, 2.75) is 28.0 Å². The molecule has 5 N–H and O–H groups in total. The second-order valence-corrected chi connectivity index (χ2v) is 11.0. The number of allylic oxidation sites excluding steroid dienone is 1. The first-order chi connectivity index (χ1) is 17.8. The molecule has 202 valence electrons. The fourth-order valence-electron chi connectivity index (χ4n) is 3.35. The molecule has 0 aliphatic rings. The normalized spacial score (nSPS) is 12.2. The van der Waals surface area contributed by atoms with Gasteiger partial charge in [-0.05, 0) is 47.7 Å². The number of aromatic hydroxyl groups is 1. The Balaban J connectivity index is 2.31. The van der Waals surface area contributed by atoms with E-state index in [1.54, 1.807) is 0 Å². The van der Waals surface area contributed by atoms with Gasteiger partial charge in [-0.2, -0.15) is 16.8 Å². The number of fused-ring (bicyclic) bond motifs is 1. The standard InChI is InChI=1S/C21H19N3O11S3/c1-3-4-12-5-6-15(18(7-12)38(31,32)33)23-24-20-17(36-35-34-27)9-13-8-14(37(28,29)30)10-16(22-11(2)25)19(13)21(20)26/h3,5-10,26-27H,1,4H2,2H3,(H,22,25)(H,28,29,30)(H,31,32,33)/b24-23+. The first-order valence-electron chi connectivity index (χ1n) is 10.1. The molecule has 1 amide bonds. The van der Waals surface area contributed by atoms with E-state index in [2.05, 4.69) is 31.5 Å². The summed E-state index contributed by atoms with van der Waals surface area (Å²) in [6, 6.07) is 7.00. The number of nitrogens with one attached hydrogen (secondary N) is 1. The highest BCUT2D eigenvalue weighted by Crippen LogP contribution is 2.47. The van der Waals surface area contributed by atoms with Crippen LogP contribution in [0.3, 0.4) is 0 Å². The number of phenolic OH excluding ortho intramolecular Hbond substituents is 1. The van der Waals surface area contributed by atoms with E-state index in [0.717, 1.165) is 25.1 Å². The van der Waals surface area contributed by atoms with Gasteiger partial charge in [0, 0.05) is 12.3 Å². The highest BCUT2D eigenvalue weighted by Gasteiger charge is 2.22. The van der Waals surface area contributed by atoms with Crippen molar-refractivity contribution in [3.05, 3.63) is 54.6 Å². The van der Waals surface area contributed by atoms with Crippen LogP contribution in [-0.2, 0) is 40.8 Å². The van der Waals surface area contributed by atoms with Crippen molar-refractivity contribution in [2.24, 2.45) is 10.2 Å². The zero-order valence-corrected chi connectivity index (χ0v) is 21.7. The number of carbonyl (C=O) groups is 1. The summed E-state index contributed by atoms with van der Waals surface area (Å²) in [6.45, 7) is 4.68. The largest absolute Gasteiger partial charge is 0.505 e. The number of carbonyl (C=O) groups excluding carboxylic acids is 1. The van der Waals surface area contributed by atoms with Gasteiger partial charge in [0.25, 0.3) is 20.2 Å². The molecule has 0 aliphatic heterocycles. The summed E-state index contributed by atoms with van der Waals surface area (Å²) >= 11 is 0.299. The molecule has 3 aromatic rings. The van der Waals surface area contributed by atoms with Crippen LogP contribution < -0.4 is 5.32 Å². The summed E-state index contributed by atoms with van der Waals surface area (Å²) in [5, 5.41) is 33.1. The van der Waals surface area contributed by atoms with Gasteiger partial charge in [-0.1, -0.05) is 17.2 Å². The van der Waals surface area contributed by atoms with Gasteiger partial charge < -0.3 is 10.4 Å². The highest BCUT2D eigenvalue weighted by molar-refractivity contribution is 7.94. The number of nitrogens with zero attached hydrogens (tertiary/aromatic N) is 2. The minimum absolute atomic E-state index is 0.0308. The smallest absolute Gasteiger partial charge is 0.296 e. The molecule has 0 radical (unpaired) electrons. The second kappa shape index (κ2) is 11.5. The molecule has 0 spiro atoms. The maximum absolute atomic E-state index is 11.9. The van der Waals surface area contributed by atoms with E-state index in [4.69, 9.17) is 5.26 Å². The Bertz CT molecular complexity index is 1670. The molecule has 0 aromatic heterocycles. The predicted molar refractivity (Wildman–Crippen MR) is 135 cm³/mol. The van der Waals surface area contributed by atoms with Gasteiger partial charge in [0.2, 0.25) is 5.91 Å². The van der Waals surface area contributed by atoms with Crippen molar-refractivity contribution in [2.75, 3.05) is 5.32 Å². The van der Waals surface area contributed by atoms with Crippen LogP contribution in [0.2, 0.25) is 0 Å². The van der Waals surface area contributed by atoms with Crippen LogP contribution in [-0.4, -0.2) is 42.2 Å². The van der Waals surface area contributed by atoms with Crippen LogP contribution in [0.4, 0.5) is 17.1 Å². The molecule has 0 saturated heterocycles. The van der Waals surface area contributed by atoms with Crippen molar-refractivity contribution in [3.63, 3.8) is 0 Å². The molecular formula is C21H19N3O11S3.